The molecule has 1 atom stereocenters. The van der Waals surface area contributed by atoms with E-state index in [1.165, 1.54) is 0 Å². The minimum absolute atomic E-state index is 0.209. The molecule has 0 saturated carbocycles. The topological polar surface area (TPSA) is 98.7 Å². The highest BCUT2D eigenvalue weighted by Gasteiger charge is 2.32. The van der Waals surface area contributed by atoms with Crippen LogP contribution in [0.25, 0.3) is 0 Å². The van der Waals surface area contributed by atoms with Crippen LogP contribution in [0, 0.1) is 13.8 Å². The summed E-state index contributed by atoms with van der Waals surface area (Å²) in [6.45, 7) is 11.4. The average Bonchev–Trinajstić information content (AvgIpc) is 2.93. The molecule has 0 spiro atoms. The third kappa shape index (κ3) is 4.37. The molecule has 0 aromatic carbocycles. The first-order chi connectivity index (χ1) is 13.2. The monoisotopic (exact) mass is 391 g/mol. The highest BCUT2D eigenvalue weighted by atomic mass is 16.5. The van der Waals surface area contributed by atoms with Gasteiger partial charge in [0.15, 0.2) is 0 Å². The van der Waals surface area contributed by atoms with Crippen LogP contribution in [-0.2, 0) is 14.3 Å². The molecule has 0 saturated heterocycles. The number of aryl methyl sites for hydroxylation is 1. The Morgan fingerprint density at radius 2 is 1.86 bits per heavy atom. The molecule has 1 aliphatic rings. The zero-order chi connectivity index (χ0) is 21.0. The smallest absolute Gasteiger partial charge is 0.340 e. The first-order valence-electron chi connectivity index (χ1n) is 9.54. The summed E-state index contributed by atoms with van der Waals surface area (Å²) >= 11 is 0. The van der Waals surface area contributed by atoms with Gasteiger partial charge in [-0.25, -0.2) is 14.4 Å². The molecule has 1 aliphatic heterocycles. The van der Waals surface area contributed by atoms with Crippen molar-refractivity contribution in [2.24, 2.45) is 0 Å². The Morgan fingerprint density at radius 1 is 1.18 bits per heavy atom. The van der Waals surface area contributed by atoms with Crippen molar-refractivity contribution in [1.82, 2.24) is 15.2 Å². The number of hydrogen-bond acceptors (Lipinski definition) is 5. The van der Waals surface area contributed by atoms with Gasteiger partial charge in [0, 0.05) is 17.4 Å². The fraction of sp³-hybridized carbons (Fsp3) is 0.550. The quantitative estimate of drug-likeness (QED) is 0.697. The fourth-order valence-electron chi connectivity index (χ4n) is 3.57. The maximum atomic E-state index is 12.6. The van der Waals surface area contributed by atoms with Crippen LogP contribution >= 0.6 is 0 Å². The number of ether oxygens (including phenoxy) is 2. The normalized spacial score (nSPS) is 16.7. The second-order valence-corrected chi connectivity index (χ2v) is 7.00. The van der Waals surface area contributed by atoms with E-state index in [0.717, 1.165) is 11.4 Å². The Labute approximate surface area is 165 Å². The van der Waals surface area contributed by atoms with Gasteiger partial charge in [0.1, 0.15) is 6.61 Å². The lowest BCUT2D eigenvalue weighted by molar-refractivity contribution is -0.139. The van der Waals surface area contributed by atoms with Crippen molar-refractivity contribution in [3.8, 4) is 0 Å². The van der Waals surface area contributed by atoms with Crippen molar-refractivity contribution in [2.45, 2.75) is 60.0 Å². The largest absolute Gasteiger partial charge is 0.463 e. The molecular formula is C20H29N3O5. The molecule has 2 N–H and O–H groups in total. The van der Waals surface area contributed by atoms with Gasteiger partial charge in [-0.3, -0.25) is 0 Å². The van der Waals surface area contributed by atoms with Crippen LogP contribution in [-0.4, -0.2) is 41.8 Å². The van der Waals surface area contributed by atoms with Gasteiger partial charge in [-0.15, -0.1) is 0 Å². The second kappa shape index (κ2) is 8.95. The highest BCUT2D eigenvalue weighted by molar-refractivity contribution is 5.95. The lowest BCUT2D eigenvalue weighted by Gasteiger charge is -2.28. The van der Waals surface area contributed by atoms with E-state index in [9.17, 15) is 14.4 Å². The van der Waals surface area contributed by atoms with E-state index in [-0.39, 0.29) is 30.5 Å². The van der Waals surface area contributed by atoms with Crippen LogP contribution in [0.3, 0.4) is 0 Å². The van der Waals surface area contributed by atoms with Gasteiger partial charge in [0.2, 0.25) is 0 Å². The van der Waals surface area contributed by atoms with E-state index in [0.29, 0.717) is 12.0 Å². The van der Waals surface area contributed by atoms with Gasteiger partial charge in [0.05, 0.1) is 29.5 Å². The molecule has 2 rings (SSSR count). The molecule has 0 fully saturated rings. The van der Waals surface area contributed by atoms with E-state index in [1.807, 2.05) is 34.6 Å². The van der Waals surface area contributed by atoms with E-state index >= 15 is 0 Å². The predicted molar refractivity (Wildman–Crippen MR) is 104 cm³/mol. The molecule has 1 aromatic rings. The third-order valence-electron chi connectivity index (χ3n) is 4.72. The van der Waals surface area contributed by atoms with Crippen LogP contribution < -0.4 is 10.6 Å². The summed E-state index contributed by atoms with van der Waals surface area (Å²) in [5, 5.41) is 5.26. The third-order valence-corrected chi connectivity index (χ3v) is 4.72. The SMILES string of the molecule is CCOC(=O)C1=C(COC(=O)c2cc(C)n(C(C)C)c2C)NC(=O)N[C@H]1CC. The molecule has 2 heterocycles. The van der Waals surface area contributed by atoms with E-state index < -0.39 is 24.0 Å². The molecule has 0 radical (unpaired) electrons. The van der Waals surface area contributed by atoms with E-state index in [4.69, 9.17) is 9.47 Å². The summed E-state index contributed by atoms with van der Waals surface area (Å²) < 4.78 is 12.6. The van der Waals surface area contributed by atoms with Crippen LogP contribution in [0.5, 0.6) is 0 Å². The summed E-state index contributed by atoms with van der Waals surface area (Å²) in [5.74, 6) is -1.04. The van der Waals surface area contributed by atoms with Crippen molar-refractivity contribution < 1.29 is 23.9 Å². The Hall–Kier alpha value is -2.77. The Balaban J connectivity index is 2.26. The molecular weight excluding hydrogens is 362 g/mol. The average molecular weight is 391 g/mol. The van der Waals surface area contributed by atoms with Gasteiger partial charge in [-0.1, -0.05) is 6.92 Å². The van der Waals surface area contributed by atoms with Gasteiger partial charge in [-0.2, -0.15) is 0 Å². The highest BCUT2D eigenvalue weighted by Crippen LogP contribution is 2.22. The molecule has 1 aromatic heterocycles. The molecule has 0 bridgehead atoms. The van der Waals surface area contributed by atoms with Crippen molar-refractivity contribution in [3.05, 3.63) is 34.3 Å². The summed E-state index contributed by atoms with van der Waals surface area (Å²) in [4.78, 5) is 36.9. The van der Waals surface area contributed by atoms with E-state index in [2.05, 4.69) is 15.2 Å². The lowest BCUT2D eigenvalue weighted by Crippen LogP contribution is -2.51. The zero-order valence-electron chi connectivity index (χ0n) is 17.3. The first kappa shape index (κ1) is 21.5. The van der Waals surface area contributed by atoms with Crippen molar-refractivity contribution in [1.29, 1.82) is 0 Å². The standard InChI is InChI=1S/C20H29N3O5/c1-7-15-17(19(25)27-8-2)16(22-20(26)21-15)10-28-18(24)14-9-12(5)23(11(3)4)13(14)6/h9,11,15H,7-8,10H2,1-6H3,(H2,21,22,26)/t15-/m0/s1. The lowest BCUT2D eigenvalue weighted by atomic mass is 10.0. The van der Waals surface area contributed by atoms with Crippen molar-refractivity contribution in [2.75, 3.05) is 13.2 Å². The first-order valence-corrected chi connectivity index (χ1v) is 9.54. The van der Waals surface area contributed by atoms with Gasteiger partial charge >= 0.3 is 18.0 Å². The van der Waals surface area contributed by atoms with Gasteiger partial charge in [-0.05, 0) is 47.1 Å². The maximum absolute atomic E-state index is 12.6. The Bertz CT molecular complexity index is 807. The minimum atomic E-state index is -0.536. The molecule has 0 unspecified atom stereocenters. The number of nitrogens with zero attached hydrogens (tertiary/aromatic N) is 1. The molecule has 8 heteroatoms. The zero-order valence-corrected chi connectivity index (χ0v) is 17.3. The number of aromatic nitrogens is 1. The second-order valence-electron chi connectivity index (χ2n) is 7.00. The number of hydrogen-bond donors (Lipinski definition) is 2. The van der Waals surface area contributed by atoms with Crippen LogP contribution in [0.1, 0.15) is 61.9 Å². The van der Waals surface area contributed by atoms with Crippen LogP contribution in [0.2, 0.25) is 0 Å². The van der Waals surface area contributed by atoms with Gasteiger partial charge in [0.25, 0.3) is 0 Å². The summed E-state index contributed by atoms with van der Waals surface area (Å²) in [5.41, 5.74) is 2.78. The number of amides is 2. The Morgan fingerprint density at radius 3 is 2.39 bits per heavy atom. The summed E-state index contributed by atoms with van der Waals surface area (Å²) in [6.07, 6.45) is 0.508. The number of esters is 2. The maximum Gasteiger partial charge on any atom is 0.340 e. The van der Waals surface area contributed by atoms with Crippen LogP contribution in [0.4, 0.5) is 4.79 Å². The molecule has 0 aliphatic carbocycles. The summed E-state index contributed by atoms with van der Waals surface area (Å²) in [6, 6.07) is 1.07. The molecule has 2 amide bonds. The predicted octanol–water partition coefficient (Wildman–Crippen LogP) is 2.75. The van der Waals surface area contributed by atoms with Gasteiger partial charge < -0.3 is 24.7 Å². The number of nitrogens with one attached hydrogen (secondary N) is 2. The van der Waals surface area contributed by atoms with Crippen LogP contribution in [0.15, 0.2) is 17.3 Å². The van der Waals surface area contributed by atoms with Crippen molar-refractivity contribution >= 4 is 18.0 Å². The summed E-state index contributed by atoms with van der Waals surface area (Å²) in [7, 11) is 0. The number of urea groups is 1. The molecule has 28 heavy (non-hydrogen) atoms. The van der Waals surface area contributed by atoms with E-state index in [1.54, 1.807) is 13.0 Å². The molecule has 8 nitrogen and oxygen atoms in total. The number of carbonyl (C=O) groups is 3. The molecule has 154 valence electrons. The fourth-order valence-corrected chi connectivity index (χ4v) is 3.57. The Kier molecular flexibility index (Phi) is 6.88. The van der Waals surface area contributed by atoms with Crippen molar-refractivity contribution in [3.63, 3.8) is 0 Å². The number of carbonyl (C=O) groups excluding carboxylic acids is 3. The minimum Gasteiger partial charge on any atom is -0.463 e. The number of rotatable bonds is 7.